The lowest BCUT2D eigenvalue weighted by molar-refractivity contribution is 0.648. The first-order valence-electron chi connectivity index (χ1n) is 7.80. The summed E-state index contributed by atoms with van der Waals surface area (Å²) in [7, 11) is 0. The summed E-state index contributed by atoms with van der Waals surface area (Å²) >= 11 is 6.07. The summed E-state index contributed by atoms with van der Waals surface area (Å²) < 4.78 is 0. The fourth-order valence-electron chi connectivity index (χ4n) is 2.84. The highest BCUT2D eigenvalue weighted by molar-refractivity contribution is 6.29. The summed E-state index contributed by atoms with van der Waals surface area (Å²) in [5, 5.41) is 0.426. The fourth-order valence-corrected chi connectivity index (χ4v) is 2.97. The van der Waals surface area contributed by atoms with Gasteiger partial charge in [-0.15, -0.1) is 0 Å². The first kappa shape index (κ1) is 15.8. The van der Waals surface area contributed by atoms with Crippen molar-refractivity contribution in [1.82, 2.24) is 9.97 Å². The van der Waals surface area contributed by atoms with Crippen LogP contribution in [-0.4, -0.2) is 16.0 Å². The van der Waals surface area contributed by atoms with Crippen molar-refractivity contribution in [1.29, 1.82) is 0 Å². The number of hydrogen-bond donors (Lipinski definition) is 0. The molecule has 1 aromatic carbocycles. The van der Waals surface area contributed by atoms with Crippen LogP contribution in [-0.2, 0) is 6.54 Å². The van der Waals surface area contributed by atoms with E-state index in [9.17, 15) is 0 Å². The standard InChI is InChI=1S/C19H20ClN3/c1-4-16-8-9-17-19(22-18(20)11-21-17)23(16)12-14-6-5-7-15(10-14)13(2)3/h5-11,16H,2,4,12H2,1,3H3. The molecule has 118 valence electrons. The van der Waals surface area contributed by atoms with Crippen LogP contribution in [0.4, 0.5) is 5.82 Å². The lowest BCUT2D eigenvalue weighted by Crippen LogP contribution is -2.36. The van der Waals surface area contributed by atoms with Gasteiger partial charge < -0.3 is 4.90 Å². The van der Waals surface area contributed by atoms with Gasteiger partial charge in [-0.2, -0.15) is 0 Å². The molecule has 0 radical (unpaired) electrons. The highest BCUT2D eigenvalue weighted by Gasteiger charge is 2.24. The van der Waals surface area contributed by atoms with Crippen LogP contribution < -0.4 is 4.90 Å². The van der Waals surface area contributed by atoms with Crippen molar-refractivity contribution in [3.05, 3.63) is 65.1 Å². The minimum atomic E-state index is 0.295. The average Bonchev–Trinajstić information content (AvgIpc) is 2.55. The number of benzene rings is 1. The zero-order valence-corrected chi connectivity index (χ0v) is 14.2. The summed E-state index contributed by atoms with van der Waals surface area (Å²) in [5.74, 6) is 0.854. The SMILES string of the molecule is C=C(C)c1cccc(CN2c3nc(Cl)cnc3C=CC2CC)c1. The molecular formula is C19H20ClN3. The first-order chi connectivity index (χ1) is 11.1. The normalized spacial score (nSPS) is 16.3. The third-order valence-electron chi connectivity index (χ3n) is 4.09. The monoisotopic (exact) mass is 325 g/mol. The maximum atomic E-state index is 6.07. The van der Waals surface area contributed by atoms with Crippen molar-refractivity contribution >= 4 is 29.1 Å². The van der Waals surface area contributed by atoms with E-state index in [0.717, 1.165) is 30.1 Å². The number of fused-ring (bicyclic) bond motifs is 1. The minimum absolute atomic E-state index is 0.295. The summed E-state index contributed by atoms with van der Waals surface area (Å²) in [6.07, 6.45) is 6.82. The van der Waals surface area contributed by atoms with Gasteiger partial charge in [0.25, 0.3) is 0 Å². The van der Waals surface area contributed by atoms with Gasteiger partial charge in [-0.1, -0.05) is 55.0 Å². The Hall–Kier alpha value is -2.13. The van der Waals surface area contributed by atoms with Gasteiger partial charge in [0.2, 0.25) is 0 Å². The van der Waals surface area contributed by atoms with Gasteiger partial charge >= 0.3 is 0 Å². The molecule has 0 spiro atoms. The number of rotatable bonds is 4. The molecule has 2 aromatic rings. The fraction of sp³-hybridized carbons (Fsp3) is 0.263. The maximum Gasteiger partial charge on any atom is 0.157 e. The molecule has 1 atom stereocenters. The van der Waals surface area contributed by atoms with Gasteiger partial charge in [0, 0.05) is 12.6 Å². The Kier molecular flexibility index (Phi) is 4.49. The van der Waals surface area contributed by atoms with Crippen LogP contribution in [0.2, 0.25) is 5.15 Å². The Labute approximate surface area is 142 Å². The number of aromatic nitrogens is 2. The summed E-state index contributed by atoms with van der Waals surface area (Å²) in [4.78, 5) is 11.2. The van der Waals surface area contributed by atoms with E-state index in [4.69, 9.17) is 11.6 Å². The molecule has 0 fully saturated rings. The van der Waals surface area contributed by atoms with Crippen LogP contribution >= 0.6 is 11.6 Å². The Morgan fingerprint density at radius 2 is 2.22 bits per heavy atom. The number of anilines is 1. The van der Waals surface area contributed by atoms with Gasteiger partial charge in [-0.3, -0.25) is 0 Å². The van der Waals surface area contributed by atoms with E-state index in [2.05, 4.69) is 58.7 Å². The van der Waals surface area contributed by atoms with E-state index in [-0.39, 0.29) is 0 Å². The van der Waals surface area contributed by atoms with Crippen LogP contribution in [0.1, 0.15) is 37.1 Å². The smallest absolute Gasteiger partial charge is 0.157 e. The van der Waals surface area contributed by atoms with Gasteiger partial charge in [0.15, 0.2) is 5.82 Å². The number of allylic oxidation sites excluding steroid dienone is 1. The molecule has 4 heteroatoms. The molecule has 0 amide bonds. The molecule has 0 saturated carbocycles. The molecule has 0 aliphatic carbocycles. The first-order valence-corrected chi connectivity index (χ1v) is 8.18. The van der Waals surface area contributed by atoms with Gasteiger partial charge in [-0.25, -0.2) is 9.97 Å². The van der Waals surface area contributed by atoms with Crippen molar-refractivity contribution in [2.75, 3.05) is 4.90 Å². The second kappa shape index (κ2) is 6.55. The number of nitrogens with zero attached hydrogens (tertiary/aromatic N) is 3. The molecule has 1 unspecified atom stereocenters. The Morgan fingerprint density at radius 1 is 1.39 bits per heavy atom. The second-order valence-electron chi connectivity index (χ2n) is 5.84. The lowest BCUT2D eigenvalue weighted by atomic mass is 10.0. The molecule has 1 aliphatic heterocycles. The van der Waals surface area contributed by atoms with Gasteiger partial charge in [0.1, 0.15) is 10.8 Å². The van der Waals surface area contributed by atoms with Crippen molar-refractivity contribution in [3.8, 4) is 0 Å². The van der Waals surface area contributed by atoms with E-state index >= 15 is 0 Å². The highest BCUT2D eigenvalue weighted by Crippen LogP contribution is 2.30. The van der Waals surface area contributed by atoms with E-state index in [1.807, 2.05) is 13.0 Å². The molecule has 2 heterocycles. The Morgan fingerprint density at radius 3 is 2.96 bits per heavy atom. The zero-order valence-electron chi connectivity index (χ0n) is 13.5. The quantitative estimate of drug-likeness (QED) is 0.794. The summed E-state index contributed by atoms with van der Waals surface area (Å²) in [6.45, 7) is 9.00. The minimum Gasteiger partial charge on any atom is -0.344 e. The maximum absolute atomic E-state index is 6.07. The predicted octanol–water partition coefficient (Wildman–Crippen LogP) is 4.98. The van der Waals surface area contributed by atoms with Crippen LogP contribution in [0.3, 0.4) is 0 Å². The van der Waals surface area contributed by atoms with Crippen LogP contribution in [0.25, 0.3) is 11.6 Å². The van der Waals surface area contributed by atoms with Crippen LogP contribution in [0.5, 0.6) is 0 Å². The number of hydrogen-bond acceptors (Lipinski definition) is 3. The molecule has 3 nitrogen and oxygen atoms in total. The van der Waals surface area contributed by atoms with Crippen molar-refractivity contribution < 1.29 is 0 Å². The van der Waals surface area contributed by atoms with Gasteiger partial charge in [0.05, 0.1) is 6.20 Å². The second-order valence-corrected chi connectivity index (χ2v) is 6.23. The van der Waals surface area contributed by atoms with E-state index in [1.54, 1.807) is 6.20 Å². The largest absolute Gasteiger partial charge is 0.344 e. The van der Waals surface area contributed by atoms with Crippen molar-refractivity contribution in [3.63, 3.8) is 0 Å². The summed E-state index contributed by atoms with van der Waals surface area (Å²) in [5.41, 5.74) is 4.34. The highest BCUT2D eigenvalue weighted by atomic mass is 35.5. The van der Waals surface area contributed by atoms with E-state index < -0.39 is 0 Å². The molecule has 0 saturated heterocycles. The predicted molar refractivity (Wildman–Crippen MR) is 97.5 cm³/mol. The molecular weight excluding hydrogens is 306 g/mol. The van der Waals surface area contributed by atoms with E-state index in [0.29, 0.717) is 11.2 Å². The Balaban J connectivity index is 1.97. The third kappa shape index (κ3) is 3.30. The zero-order chi connectivity index (χ0) is 16.4. The van der Waals surface area contributed by atoms with Gasteiger partial charge in [-0.05, 0) is 36.6 Å². The molecule has 0 bridgehead atoms. The van der Waals surface area contributed by atoms with Crippen LogP contribution in [0, 0.1) is 0 Å². The topological polar surface area (TPSA) is 29.0 Å². The average molecular weight is 326 g/mol. The van der Waals surface area contributed by atoms with Crippen molar-refractivity contribution in [2.45, 2.75) is 32.9 Å². The molecule has 0 N–H and O–H groups in total. The lowest BCUT2D eigenvalue weighted by Gasteiger charge is -2.34. The van der Waals surface area contributed by atoms with Crippen molar-refractivity contribution in [2.24, 2.45) is 0 Å². The van der Waals surface area contributed by atoms with E-state index in [1.165, 1.54) is 11.1 Å². The third-order valence-corrected chi connectivity index (χ3v) is 4.27. The molecule has 3 rings (SSSR count). The van der Waals surface area contributed by atoms with Crippen LogP contribution in [0.15, 0.2) is 43.1 Å². The molecule has 1 aromatic heterocycles. The Bertz CT molecular complexity index is 767. The summed E-state index contributed by atoms with van der Waals surface area (Å²) in [6, 6.07) is 8.78. The molecule has 23 heavy (non-hydrogen) atoms. The molecule has 1 aliphatic rings. The number of halogens is 1.